The minimum absolute atomic E-state index is 0.743. The summed E-state index contributed by atoms with van der Waals surface area (Å²) in [7, 11) is 2.01. The van der Waals surface area contributed by atoms with Crippen molar-refractivity contribution in [2.75, 3.05) is 13.6 Å². The van der Waals surface area contributed by atoms with Crippen molar-refractivity contribution in [3.63, 3.8) is 0 Å². The highest BCUT2D eigenvalue weighted by Gasteiger charge is 2.03. The largest absolute Gasteiger partial charge is 0.319 e. The lowest BCUT2D eigenvalue weighted by molar-refractivity contribution is 0.504. The molecule has 0 radical (unpaired) electrons. The Kier molecular flexibility index (Phi) is 5.20. The molecule has 0 aliphatic rings. The Balaban J connectivity index is 2.41. The summed E-state index contributed by atoms with van der Waals surface area (Å²) in [6.07, 6.45) is 2.40. The molecule has 0 bridgehead atoms. The number of halogens is 1. The van der Waals surface area contributed by atoms with Gasteiger partial charge in [0.15, 0.2) is 0 Å². The maximum Gasteiger partial charge on any atom is 0.0207 e. The Hall–Kier alpha value is -0.340. The molecule has 0 spiro atoms. The minimum atomic E-state index is 0.743. The molecule has 0 heterocycles. The van der Waals surface area contributed by atoms with Gasteiger partial charge < -0.3 is 5.32 Å². The quantitative estimate of drug-likeness (QED) is 0.852. The molecule has 14 heavy (non-hydrogen) atoms. The van der Waals surface area contributed by atoms with Crippen LogP contribution in [0.3, 0.4) is 0 Å². The first-order valence-corrected chi connectivity index (χ1v) is 5.91. The van der Waals surface area contributed by atoms with Gasteiger partial charge in [0.1, 0.15) is 0 Å². The molecule has 0 aromatic heterocycles. The van der Waals surface area contributed by atoms with E-state index in [1.54, 1.807) is 0 Å². The van der Waals surface area contributed by atoms with Gasteiger partial charge in [0, 0.05) is 4.47 Å². The summed E-state index contributed by atoms with van der Waals surface area (Å²) >= 11 is 3.57. The van der Waals surface area contributed by atoms with Crippen molar-refractivity contribution in [1.82, 2.24) is 5.32 Å². The smallest absolute Gasteiger partial charge is 0.0207 e. The fourth-order valence-corrected chi connectivity index (χ4v) is 2.04. The summed E-state index contributed by atoms with van der Waals surface area (Å²) in [5, 5.41) is 3.21. The second kappa shape index (κ2) is 6.20. The molecule has 1 aromatic carbocycles. The molecular weight excluding hydrogens is 238 g/mol. The van der Waals surface area contributed by atoms with Gasteiger partial charge in [-0.05, 0) is 44.0 Å². The van der Waals surface area contributed by atoms with Crippen molar-refractivity contribution < 1.29 is 0 Å². The van der Waals surface area contributed by atoms with E-state index in [1.807, 2.05) is 7.05 Å². The van der Waals surface area contributed by atoms with Crippen LogP contribution in [-0.2, 0) is 6.42 Å². The Morgan fingerprint density at radius 2 is 2.07 bits per heavy atom. The molecule has 0 aliphatic heterocycles. The zero-order chi connectivity index (χ0) is 10.4. The van der Waals surface area contributed by atoms with Crippen LogP contribution in [0.5, 0.6) is 0 Å². The van der Waals surface area contributed by atoms with Gasteiger partial charge in [0.05, 0.1) is 0 Å². The van der Waals surface area contributed by atoms with Gasteiger partial charge in [0.2, 0.25) is 0 Å². The summed E-state index contributed by atoms with van der Waals surface area (Å²) in [5.41, 5.74) is 1.41. The highest BCUT2D eigenvalue weighted by Crippen LogP contribution is 2.18. The van der Waals surface area contributed by atoms with Crippen LogP contribution < -0.4 is 5.32 Å². The average molecular weight is 256 g/mol. The molecule has 1 atom stereocenters. The van der Waals surface area contributed by atoms with E-state index in [0.29, 0.717) is 0 Å². The second-order valence-corrected chi connectivity index (χ2v) is 4.65. The van der Waals surface area contributed by atoms with Crippen molar-refractivity contribution in [2.24, 2.45) is 5.92 Å². The monoisotopic (exact) mass is 255 g/mol. The summed E-state index contributed by atoms with van der Waals surface area (Å²) in [6, 6.07) is 8.46. The lowest BCUT2D eigenvalue weighted by Gasteiger charge is -2.10. The number of aryl methyl sites for hydroxylation is 1. The maximum absolute atomic E-state index is 3.57. The Morgan fingerprint density at radius 3 is 2.71 bits per heavy atom. The average Bonchev–Trinajstić information content (AvgIpc) is 2.17. The summed E-state index contributed by atoms with van der Waals surface area (Å²) in [5.74, 6) is 0.743. The van der Waals surface area contributed by atoms with Crippen LogP contribution >= 0.6 is 15.9 Å². The summed E-state index contributed by atoms with van der Waals surface area (Å²) in [6.45, 7) is 3.39. The van der Waals surface area contributed by atoms with Crippen molar-refractivity contribution in [2.45, 2.75) is 19.8 Å². The lowest BCUT2D eigenvalue weighted by atomic mass is 10.0. The minimum Gasteiger partial charge on any atom is -0.319 e. The van der Waals surface area contributed by atoms with Crippen molar-refractivity contribution >= 4 is 15.9 Å². The van der Waals surface area contributed by atoms with Crippen molar-refractivity contribution in [1.29, 1.82) is 0 Å². The van der Waals surface area contributed by atoms with Gasteiger partial charge in [-0.25, -0.2) is 0 Å². The molecular formula is C12H18BrN. The zero-order valence-electron chi connectivity index (χ0n) is 8.89. The Bertz CT molecular complexity index is 273. The van der Waals surface area contributed by atoms with E-state index in [0.717, 1.165) is 18.9 Å². The molecule has 0 amide bonds. The van der Waals surface area contributed by atoms with Crippen LogP contribution in [0.4, 0.5) is 0 Å². The molecule has 78 valence electrons. The molecule has 1 aromatic rings. The SMILES string of the molecule is CNCC(C)CCc1ccccc1Br. The molecule has 0 saturated carbocycles. The molecule has 0 saturated heterocycles. The van der Waals surface area contributed by atoms with Crippen LogP contribution in [0.15, 0.2) is 28.7 Å². The number of hydrogen-bond acceptors (Lipinski definition) is 1. The van der Waals surface area contributed by atoms with Gasteiger partial charge in [-0.15, -0.1) is 0 Å². The van der Waals surface area contributed by atoms with Crippen molar-refractivity contribution in [3.05, 3.63) is 34.3 Å². The summed E-state index contributed by atoms with van der Waals surface area (Å²) < 4.78 is 1.23. The molecule has 1 unspecified atom stereocenters. The first-order valence-electron chi connectivity index (χ1n) is 5.12. The first-order chi connectivity index (χ1) is 6.74. The van der Waals surface area contributed by atoms with E-state index >= 15 is 0 Å². The number of rotatable bonds is 5. The Labute approximate surface area is 95.0 Å². The van der Waals surface area contributed by atoms with Gasteiger partial charge >= 0.3 is 0 Å². The molecule has 1 rings (SSSR count). The molecule has 0 fully saturated rings. The number of hydrogen-bond donors (Lipinski definition) is 1. The fraction of sp³-hybridized carbons (Fsp3) is 0.500. The van der Waals surface area contributed by atoms with Crippen molar-refractivity contribution in [3.8, 4) is 0 Å². The van der Waals surface area contributed by atoms with Gasteiger partial charge in [0.25, 0.3) is 0 Å². The third-order valence-electron chi connectivity index (χ3n) is 2.42. The van der Waals surface area contributed by atoms with Crippen LogP contribution in [0.2, 0.25) is 0 Å². The number of benzene rings is 1. The van der Waals surface area contributed by atoms with E-state index in [2.05, 4.69) is 52.4 Å². The number of nitrogens with one attached hydrogen (secondary N) is 1. The highest BCUT2D eigenvalue weighted by atomic mass is 79.9. The Morgan fingerprint density at radius 1 is 1.36 bits per heavy atom. The molecule has 1 N–H and O–H groups in total. The van der Waals surface area contributed by atoms with Crippen LogP contribution in [0.1, 0.15) is 18.9 Å². The zero-order valence-corrected chi connectivity index (χ0v) is 10.5. The van der Waals surface area contributed by atoms with Gasteiger partial charge in [-0.2, -0.15) is 0 Å². The summed E-state index contributed by atoms with van der Waals surface area (Å²) in [4.78, 5) is 0. The second-order valence-electron chi connectivity index (χ2n) is 3.79. The standard InChI is InChI=1S/C12H18BrN/c1-10(9-14-2)7-8-11-5-3-4-6-12(11)13/h3-6,10,14H,7-9H2,1-2H3. The third kappa shape index (κ3) is 3.81. The van der Waals surface area contributed by atoms with E-state index in [9.17, 15) is 0 Å². The third-order valence-corrected chi connectivity index (χ3v) is 3.19. The van der Waals surface area contributed by atoms with E-state index in [-0.39, 0.29) is 0 Å². The van der Waals surface area contributed by atoms with Gasteiger partial charge in [-0.1, -0.05) is 41.1 Å². The predicted molar refractivity (Wildman–Crippen MR) is 65.6 cm³/mol. The first kappa shape index (κ1) is 11.7. The van der Waals surface area contributed by atoms with Gasteiger partial charge in [-0.3, -0.25) is 0 Å². The van der Waals surface area contributed by atoms with Crippen LogP contribution in [0.25, 0.3) is 0 Å². The molecule has 2 heteroatoms. The predicted octanol–water partition coefficient (Wildman–Crippen LogP) is 3.24. The van der Waals surface area contributed by atoms with Crippen LogP contribution in [-0.4, -0.2) is 13.6 Å². The van der Waals surface area contributed by atoms with E-state index in [4.69, 9.17) is 0 Å². The lowest BCUT2D eigenvalue weighted by Crippen LogP contribution is -2.16. The van der Waals surface area contributed by atoms with E-state index in [1.165, 1.54) is 16.5 Å². The normalized spacial score (nSPS) is 12.8. The highest BCUT2D eigenvalue weighted by molar-refractivity contribution is 9.10. The topological polar surface area (TPSA) is 12.0 Å². The maximum atomic E-state index is 3.57. The molecule has 0 aliphatic carbocycles. The van der Waals surface area contributed by atoms with E-state index < -0.39 is 0 Å². The fourth-order valence-electron chi connectivity index (χ4n) is 1.55. The van der Waals surface area contributed by atoms with Crippen LogP contribution in [0, 0.1) is 5.92 Å². The molecule has 1 nitrogen and oxygen atoms in total.